The van der Waals surface area contributed by atoms with Crippen LogP contribution in [0.4, 0.5) is 0 Å². The number of carbonyl (C=O) groups excluding carboxylic acids is 1. The lowest BCUT2D eigenvalue weighted by atomic mass is 10.1. The molecular formula is C10H22N2O2. The molecule has 0 aromatic rings. The van der Waals surface area contributed by atoms with Crippen molar-refractivity contribution >= 4 is 5.91 Å². The van der Waals surface area contributed by atoms with Crippen molar-refractivity contribution in [1.29, 1.82) is 0 Å². The van der Waals surface area contributed by atoms with Crippen LogP contribution in [0.1, 0.15) is 26.7 Å². The number of aliphatic hydroxyl groups excluding tert-OH is 1. The molecule has 14 heavy (non-hydrogen) atoms. The molecule has 2 atom stereocenters. The molecule has 0 aromatic heterocycles. The van der Waals surface area contributed by atoms with Crippen molar-refractivity contribution < 1.29 is 9.90 Å². The van der Waals surface area contributed by atoms with E-state index in [0.717, 1.165) is 12.8 Å². The van der Waals surface area contributed by atoms with Gasteiger partial charge in [0.2, 0.25) is 5.91 Å². The number of rotatable bonds is 7. The van der Waals surface area contributed by atoms with Gasteiger partial charge in [0.15, 0.2) is 0 Å². The Balaban J connectivity index is 3.44. The Morgan fingerprint density at radius 3 is 2.57 bits per heavy atom. The second-order valence-electron chi connectivity index (χ2n) is 3.74. The van der Waals surface area contributed by atoms with Crippen LogP contribution < -0.4 is 10.6 Å². The third-order valence-corrected chi connectivity index (χ3v) is 2.06. The average Bonchev–Trinajstić information content (AvgIpc) is 2.12. The van der Waals surface area contributed by atoms with Gasteiger partial charge < -0.3 is 15.7 Å². The van der Waals surface area contributed by atoms with Crippen LogP contribution in [0.5, 0.6) is 0 Å². The van der Waals surface area contributed by atoms with Crippen molar-refractivity contribution in [2.75, 3.05) is 20.1 Å². The molecule has 0 heterocycles. The lowest BCUT2D eigenvalue weighted by Crippen LogP contribution is -2.34. The zero-order valence-corrected chi connectivity index (χ0v) is 9.34. The standard InChI is InChI=1S/C10H22N2O2/c1-8(7-11-3)10(14)12-6-4-5-9(2)13/h8-9,11,13H,4-7H2,1-3H3,(H,12,14). The number of nitrogens with one attached hydrogen (secondary N) is 2. The van der Waals surface area contributed by atoms with Crippen LogP contribution in [0.2, 0.25) is 0 Å². The summed E-state index contributed by atoms with van der Waals surface area (Å²) in [5.74, 6) is 0.0801. The van der Waals surface area contributed by atoms with E-state index in [9.17, 15) is 4.79 Å². The molecule has 2 unspecified atom stereocenters. The molecule has 0 bridgehead atoms. The number of amides is 1. The Bertz CT molecular complexity index is 160. The van der Waals surface area contributed by atoms with Crippen molar-refractivity contribution in [3.63, 3.8) is 0 Å². The fourth-order valence-electron chi connectivity index (χ4n) is 1.18. The fraction of sp³-hybridized carbons (Fsp3) is 0.900. The van der Waals surface area contributed by atoms with Gasteiger partial charge in [-0.3, -0.25) is 4.79 Å². The first-order chi connectivity index (χ1) is 6.57. The molecule has 0 rings (SSSR count). The highest BCUT2D eigenvalue weighted by Crippen LogP contribution is 1.95. The zero-order valence-electron chi connectivity index (χ0n) is 9.34. The van der Waals surface area contributed by atoms with Gasteiger partial charge in [-0.2, -0.15) is 0 Å². The summed E-state index contributed by atoms with van der Waals surface area (Å²) in [5, 5.41) is 14.8. The second-order valence-corrected chi connectivity index (χ2v) is 3.74. The van der Waals surface area contributed by atoms with E-state index < -0.39 is 0 Å². The minimum absolute atomic E-state index is 0.00606. The zero-order chi connectivity index (χ0) is 11.0. The Labute approximate surface area is 86.1 Å². The maximum Gasteiger partial charge on any atom is 0.224 e. The van der Waals surface area contributed by atoms with Gasteiger partial charge in [0.1, 0.15) is 0 Å². The van der Waals surface area contributed by atoms with Gasteiger partial charge in [0.25, 0.3) is 0 Å². The Hall–Kier alpha value is -0.610. The highest BCUT2D eigenvalue weighted by atomic mass is 16.3. The van der Waals surface area contributed by atoms with Gasteiger partial charge in [0.05, 0.1) is 6.10 Å². The van der Waals surface area contributed by atoms with Crippen molar-refractivity contribution in [3.05, 3.63) is 0 Å². The maximum absolute atomic E-state index is 11.4. The molecule has 0 aromatic carbocycles. The van der Waals surface area contributed by atoms with E-state index in [2.05, 4.69) is 10.6 Å². The van der Waals surface area contributed by atoms with Crippen molar-refractivity contribution in [1.82, 2.24) is 10.6 Å². The number of aliphatic hydroxyl groups is 1. The molecule has 84 valence electrons. The predicted molar refractivity (Wildman–Crippen MR) is 57.0 cm³/mol. The lowest BCUT2D eigenvalue weighted by Gasteiger charge is -2.11. The summed E-state index contributed by atoms with van der Waals surface area (Å²) in [5.41, 5.74) is 0. The molecule has 0 aliphatic carbocycles. The molecule has 0 spiro atoms. The SMILES string of the molecule is CNCC(C)C(=O)NCCCC(C)O. The first-order valence-corrected chi connectivity index (χ1v) is 5.18. The van der Waals surface area contributed by atoms with Crippen LogP contribution in [0.25, 0.3) is 0 Å². The van der Waals surface area contributed by atoms with E-state index in [4.69, 9.17) is 5.11 Å². The van der Waals surface area contributed by atoms with Gasteiger partial charge in [0, 0.05) is 19.0 Å². The highest BCUT2D eigenvalue weighted by Gasteiger charge is 2.10. The summed E-state index contributed by atoms with van der Waals surface area (Å²) in [6, 6.07) is 0. The largest absolute Gasteiger partial charge is 0.393 e. The average molecular weight is 202 g/mol. The maximum atomic E-state index is 11.4. The molecule has 0 radical (unpaired) electrons. The third kappa shape index (κ3) is 6.86. The molecule has 0 aliphatic heterocycles. The Morgan fingerprint density at radius 1 is 1.43 bits per heavy atom. The Morgan fingerprint density at radius 2 is 2.07 bits per heavy atom. The van der Waals surface area contributed by atoms with E-state index in [-0.39, 0.29) is 17.9 Å². The molecule has 3 N–H and O–H groups in total. The van der Waals surface area contributed by atoms with E-state index >= 15 is 0 Å². The summed E-state index contributed by atoms with van der Waals surface area (Å²) >= 11 is 0. The smallest absolute Gasteiger partial charge is 0.224 e. The van der Waals surface area contributed by atoms with Crippen LogP contribution in [0.3, 0.4) is 0 Å². The van der Waals surface area contributed by atoms with Gasteiger partial charge in [-0.05, 0) is 26.8 Å². The molecular weight excluding hydrogens is 180 g/mol. The third-order valence-electron chi connectivity index (χ3n) is 2.06. The second kappa shape index (κ2) is 7.76. The highest BCUT2D eigenvalue weighted by molar-refractivity contribution is 5.78. The van der Waals surface area contributed by atoms with E-state index in [1.807, 2.05) is 14.0 Å². The van der Waals surface area contributed by atoms with Gasteiger partial charge in [-0.1, -0.05) is 6.92 Å². The minimum atomic E-state index is -0.276. The summed E-state index contributed by atoms with van der Waals surface area (Å²) in [7, 11) is 1.83. The molecule has 1 amide bonds. The van der Waals surface area contributed by atoms with Crippen molar-refractivity contribution in [2.45, 2.75) is 32.8 Å². The molecule has 4 nitrogen and oxygen atoms in total. The molecule has 0 saturated carbocycles. The van der Waals surface area contributed by atoms with Crippen molar-refractivity contribution in [2.24, 2.45) is 5.92 Å². The first-order valence-electron chi connectivity index (χ1n) is 5.18. The van der Waals surface area contributed by atoms with E-state index in [1.165, 1.54) is 0 Å². The van der Waals surface area contributed by atoms with Gasteiger partial charge >= 0.3 is 0 Å². The first kappa shape index (κ1) is 13.4. The lowest BCUT2D eigenvalue weighted by molar-refractivity contribution is -0.124. The number of hydrogen-bond donors (Lipinski definition) is 3. The van der Waals surface area contributed by atoms with E-state index in [1.54, 1.807) is 6.92 Å². The van der Waals surface area contributed by atoms with Crippen LogP contribution in [-0.2, 0) is 4.79 Å². The molecule has 0 fully saturated rings. The van der Waals surface area contributed by atoms with Gasteiger partial charge in [-0.15, -0.1) is 0 Å². The summed E-state index contributed by atoms with van der Waals surface area (Å²) in [6.07, 6.45) is 1.29. The van der Waals surface area contributed by atoms with Crippen LogP contribution in [0, 0.1) is 5.92 Å². The molecule has 0 saturated heterocycles. The molecule has 4 heteroatoms. The van der Waals surface area contributed by atoms with Gasteiger partial charge in [-0.25, -0.2) is 0 Å². The summed E-state index contributed by atoms with van der Waals surface area (Å²) < 4.78 is 0. The summed E-state index contributed by atoms with van der Waals surface area (Å²) in [4.78, 5) is 11.4. The minimum Gasteiger partial charge on any atom is -0.393 e. The normalized spacial score (nSPS) is 14.9. The fourth-order valence-corrected chi connectivity index (χ4v) is 1.18. The quantitative estimate of drug-likeness (QED) is 0.514. The number of hydrogen-bond acceptors (Lipinski definition) is 3. The monoisotopic (exact) mass is 202 g/mol. The van der Waals surface area contributed by atoms with E-state index in [0.29, 0.717) is 13.1 Å². The summed E-state index contributed by atoms with van der Waals surface area (Å²) in [6.45, 7) is 4.99. The topological polar surface area (TPSA) is 61.4 Å². The Kier molecular flexibility index (Phi) is 7.42. The van der Waals surface area contributed by atoms with Crippen LogP contribution in [-0.4, -0.2) is 37.3 Å². The molecule has 0 aliphatic rings. The van der Waals surface area contributed by atoms with Crippen LogP contribution >= 0.6 is 0 Å². The van der Waals surface area contributed by atoms with Crippen molar-refractivity contribution in [3.8, 4) is 0 Å². The van der Waals surface area contributed by atoms with Crippen LogP contribution in [0.15, 0.2) is 0 Å². The predicted octanol–water partition coefficient (Wildman–Crippen LogP) is 0.119. The number of carbonyl (C=O) groups is 1.